The van der Waals surface area contributed by atoms with Crippen molar-refractivity contribution in [1.29, 1.82) is 0 Å². The first-order valence-electron chi connectivity index (χ1n) is 8.04. The van der Waals surface area contributed by atoms with E-state index in [1.165, 1.54) is 7.11 Å². The molecule has 7 nitrogen and oxygen atoms in total. The SMILES string of the molecule is CCCS(=O)(=O)Nc1ccc(-n2nc(C)c3cnc(Cl)cc32)c(OC)c1. The zero-order chi connectivity index (χ0) is 18.9. The van der Waals surface area contributed by atoms with E-state index in [2.05, 4.69) is 14.8 Å². The highest BCUT2D eigenvalue weighted by atomic mass is 35.5. The molecule has 0 saturated heterocycles. The Kier molecular flexibility index (Phi) is 5.06. The molecule has 0 radical (unpaired) electrons. The summed E-state index contributed by atoms with van der Waals surface area (Å²) in [6.45, 7) is 3.70. The molecule has 0 amide bonds. The molecule has 26 heavy (non-hydrogen) atoms. The summed E-state index contributed by atoms with van der Waals surface area (Å²) in [5.74, 6) is 0.546. The number of benzene rings is 1. The molecule has 2 aromatic heterocycles. The van der Waals surface area contributed by atoms with Gasteiger partial charge in [0.1, 0.15) is 16.6 Å². The van der Waals surface area contributed by atoms with Crippen LogP contribution in [0.4, 0.5) is 5.69 Å². The number of methoxy groups -OCH3 is 1. The molecule has 138 valence electrons. The van der Waals surface area contributed by atoms with Crippen molar-refractivity contribution in [3.63, 3.8) is 0 Å². The fourth-order valence-corrected chi connectivity index (χ4v) is 4.01. The number of rotatable bonds is 6. The maximum Gasteiger partial charge on any atom is 0.232 e. The predicted molar refractivity (Wildman–Crippen MR) is 103 cm³/mol. The number of aromatic nitrogens is 3. The highest BCUT2D eigenvalue weighted by molar-refractivity contribution is 7.92. The second-order valence-electron chi connectivity index (χ2n) is 5.83. The van der Waals surface area contributed by atoms with Gasteiger partial charge in [-0.25, -0.2) is 18.1 Å². The molecule has 0 saturated carbocycles. The molecule has 0 bridgehead atoms. The predicted octanol–water partition coefficient (Wildman–Crippen LogP) is 3.54. The summed E-state index contributed by atoms with van der Waals surface area (Å²) in [7, 11) is -1.85. The number of nitrogens with zero attached hydrogens (tertiary/aromatic N) is 3. The molecule has 0 fully saturated rings. The van der Waals surface area contributed by atoms with Crippen LogP contribution in [0.15, 0.2) is 30.5 Å². The van der Waals surface area contributed by atoms with E-state index in [1.807, 2.05) is 13.8 Å². The standard InChI is InChI=1S/C17H19ClN4O3S/c1-4-7-26(23,24)21-12-5-6-14(16(8-12)25-3)22-15-9-17(18)19-10-13(15)11(2)20-22/h5-6,8-10,21H,4,7H2,1-3H3. The lowest BCUT2D eigenvalue weighted by molar-refractivity contribution is 0.412. The van der Waals surface area contributed by atoms with Crippen LogP contribution in [0.3, 0.4) is 0 Å². The van der Waals surface area contributed by atoms with Crippen LogP contribution < -0.4 is 9.46 Å². The summed E-state index contributed by atoms with van der Waals surface area (Å²) in [5.41, 5.74) is 2.71. The van der Waals surface area contributed by atoms with Gasteiger partial charge in [0.25, 0.3) is 0 Å². The van der Waals surface area contributed by atoms with Crippen molar-refractivity contribution in [2.24, 2.45) is 0 Å². The second-order valence-corrected chi connectivity index (χ2v) is 8.06. The van der Waals surface area contributed by atoms with E-state index in [0.717, 1.165) is 16.6 Å². The number of halogens is 1. The highest BCUT2D eigenvalue weighted by Gasteiger charge is 2.16. The first-order valence-corrected chi connectivity index (χ1v) is 10.1. The minimum absolute atomic E-state index is 0.0611. The molecule has 0 aliphatic heterocycles. The van der Waals surface area contributed by atoms with Crippen molar-refractivity contribution in [3.8, 4) is 11.4 Å². The number of ether oxygens (including phenoxy) is 1. The van der Waals surface area contributed by atoms with Crippen LogP contribution in [-0.2, 0) is 10.0 Å². The third-order valence-electron chi connectivity index (χ3n) is 3.87. The third-order valence-corrected chi connectivity index (χ3v) is 5.57. The molecule has 3 aromatic rings. The number of hydrogen-bond donors (Lipinski definition) is 1. The lowest BCUT2D eigenvalue weighted by atomic mass is 10.2. The van der Waals surface area contributed by atoms with Gasteiger partial charge in [-0.1, -0.05) is 18.5 Å². The van der Waals surface area contributed by atoms with Gasteiger partial charge in [-0.3, -0.25) is 4.72 Å². The first kappa shape index (κ1) is 18.5. The molecule has 9 heteroatoms. The van der Waals surface area contributed by atoms with Crippen LogP contribution in [0.2, 0.25) is 5.15 Å². The number of sulfonamides is 1. The topological polar surface area (TPSA) is 86.1 Å². The Hall–Kier alpha value is -2.32. The Bertz CT molecular complexity index is 1060. The smallest absolute Gasteiger partial charge is 0.232 e. The van der Waals surface area contributed by atoms with Gasteiger partial charge in [-0.05, 0) is 25.5 Å². The lowest BCUT2D eigenvalue weighted by Crippen LogP contribution is -2.16. The van der Waals surface area contributed by atoms with Gasteiger partial charge < -0.3 is 4.74 Å². The average molecular weight is 395 g/mol. The molecule has 0 unspecified atom stereocenters. The van der Waals surface area contributed by atoms with Crippen molar-refractivity contribution >= 4 is 38.2 Å². The van der Waals surface area contributed by atoms with Crippen molar-refractivity contribution < 1.29 is 13.2 Å². The Morgan fingerprint density at radius 3 is 2.77 bits per heavy atom. The summed E-state index contributed by atoms with van der Waals surface area (Å²) in [6, 6.07) is 6.79. The van der Waals surface area contributed by atoms with Gasteiger partial charge in [0.05, 0.1) is 29.8 Å². The number of aryl methyl sites for hydroxylation is 1. The largest absolute Gasteiger partial charge is 0.494 e. The number of nitrogens with one attached hydrogen (secondary N) is 1. The molecular weight excluding hydrogens is 376 g/mol. The van der Waals surface area contributed by atoms with Crippen LogP contribution >= 0.6 is 11.6 Å². The van der Waals surface area contributed by atoms with Crippen molar-refractivity contribution in [2.45, 2.75) is 20.3 Å². The van der Waals surface area contributed by atoms with E-state index >= 15 is 0 Å². The highest BCUT2D eigenvalue weighted by Crippen LogP contribution is 2.31. The summed E-state index contributed by atoms with van der Waals surface area (Å²) in [5, 5.41) is 5.78. The summed E-state index contributed by atoms with van der Waals surface area (Å²) >= 11 is 6.03. The van der Waals surface area contributed by atoms with Gasteiger partial charge in [-0.2, -0.15) is 5.10 Å². The van der Waals surface area contributed by atoms with Crippen LogP contribution in [0.1, 0.15) is 19.0 Å². The van der Waals surface area contributed by atoms with E-state index < -0.39 is 10.0 Å². The summed E-state index contributed by atoms with van der Waals surface area (Å²) < 4.78 is 33.7. The van der Waals surface area contributed by atoms with Gasteiger partial charge in [-0.15, -0.1) is 0 Å². The lowest BCUT2D eigenvalue weighted by Gasteiger charge is -2.13. The maximum atomic E-state index is 12.0. The molecule has 0 aliphatic rings. The van der Waals surface area contributed by atoms with E-state index in [9.17, 15) is 8.42 Å². The quantitative estimate of drug-likeness (QED) is 0.646. The van der Waals surface area contributed by atoms with Crippen molar-refractivity contribution in [1.82, 2.24) is 14.8 Å². The minimum atomic E-state index is -3.38. The van der Waals surface area contributed by atoms with Gasteiger partial charge >= 0.3 is 0 Å². The zero-order valence-corrected chi connectivity index (χ0v) is 16.2. The average Bonchev–Trinajstić information content (AvgIpc) is 2.90. The number of hydrogen-bond acceptors (Lipinski definition) is 5. The van der Waals surface area contributed by atoms with E-state index in [4.69, 9.17) is 16.3 Å². The number of fused-ring (bicyclic) bond motifs is 1. The van der Waals surface area contributed by atoms with Gasteiger partial charge in [0, 0.05) is 23.7 Å². The Labute approximate surface area is 157 Å². The van der Waals surface area contributed by atoms with Crippen molar-refractivity contribution in [2.75, 3.05) is 17.6 Å². The van der Waals surface area contributed by atoms with Crippen LogP contribution in [0.5, 0.6) is 5.75 Å². The molecular formula is C17H19ClN4O3S. The monoisotopic (exact) mass is 394 g/mol. The summed E-state index contributed by atoms with van der Waals surface area (Å²) in [6.07, 6.45) is 2.22. The third kappa shape index (κ3) is 3.61. The van der Waals surface area contributed by atoms with E-state index in [1.54, 1.807) is 35.1 Å². The molecule has 2 heterocycles. The zero-order valence-electron chi connectivity index (χ0n) is 14.7. The van der Waals surface area contributed by atoms with Crippen LogP contribution in [-0.4, -0.2) is 36.0 Å². The minimum Gasteiger partial charge on any atom is -0.494 e. The van der Waals surface area contributed by atoms with Crippen molar-refractivity contribution in [3.05, 3.63) is 41.3 Å². The summed E-state index contributed by atoms with van der Waals surface area (Å²) in [4.78, 5) is 4.09. The first-order chi connectivity index (χ1) is 12.3. The normalized spacial score (nSPS) is 11.7. The molecule has 0 aliphatic carbocycles. The van der Waals surface area contributed by atoms with Gasteiger partial charge in [0.15, 0.2) is 0 Å². The molecule has 1 N–H and O–H groups in total. The molecule has 1 aromatic carbocycles. The number of pyridine rings is 1. The van der Waals surface area contributed by atoms with Crippen LogP contribution in [0, 0.1) is 6.92 Å². The molecule has 0 atom stereocenters. The second kappa shape index (κ2) is 7.13. The van der Waals surface area contributed by atoms with Gasteiger partial charge in [0.2, 0.25) is 10.0 Å². The fourth-order valence-electron chi connectivity index (χ4n) is 2.73. The molecule has 3 rings (SSSR count). The van der Waals surface area contributed by atoms with E-state index in [-0.39, 0.29) is 5.75 Å². The number of anilines is 1. The maximum absolute atomic E-state index is 12.0. The Morgan fingerprint density at radius 1 is 1.31 bits per heavy atom. The Morgan fingerprint density at radius 2 is 2.08 bits per heavy atom. The Balaban J connectivity index is 2.08. The van der Waals surface area contributed by atoms with E-state index in [0.29, 0.717) is 28.7 Å². The fraction of sp³-hybridized carbons (Fsp3) is 0.294. The van der Waals surface area contributed by atoms with Crippen LogP contribution in [0.25, 0.3) is 16.6 Å². The molecule has 0 spiro atoms.